The van der Waals surface area contributed by atoms with Crippen molar-refractivity contribution in [1.82, 2.24) is 4.98 Å². The molecule has 0 aromatic carbocycles. The second-order valence-electron chi connectivity index (χ2n) is 3.20. The van der Waals surface area contributed by atoms with Crippen LogP contribution in [0.25, 0.3) is 0 Å². The van der Waals surface area contributed by atoms with E-state index in [9.17, 15) is 31.1 Å². The van der Waals surface area contributed by atoms with Crippen molar-refractivity contribution in [2.45, 2.75) is 12.5 Å². The van der Waals surface area contributed by atoms with Gasteiger partial charge in [-0.25, -0.2) is 9.78 Å². The molecule has 1 rings (SSSR count). The molecule has 0 aliphatic rings. The Morgan fingerprint density at radius 1 is 1.25 bits per heavy atom. The SMILES string of the molecule is COC(=O)c1ncc(C(F)(F)F)c(I)c1OC(F)(F)F. The number of nitrogens with zero attached hydrogens (tertiary/aromatic N) is 1. The lowest BCUT2D eigenvalue weighted by molar-refractivity contribution is -0.275. The van der Waals surface area contributed by atoms with Gasteiger partial charge in [-0.15, -0.1) is 13.2 Å². The van der Waals surface area contributed by atoms with Crippen LogP contribution in [0.2, 0.25) is 0 Å². The Morgan fingerprint density at radius 2 is 1.80 bits per heavy atom. The van der Waals surface area contributed by atoms with Crippen molar-refractivity contribution >= 4 is 28.6 Å². The summed E-state index contributed by atoms with van der Waals surface area (Å²) in [4.78, 5) is 14.3. The van der Waals surface area contributed by atoms with Crippen LogP contribution in [0.1, 0.15) is 16.1 Å². The van der Waals surface area contributed by atoms with Gasteiger partial charge in [0.25, 0.3) is 0 Å². The number of aromatic nitrogens is 1. The molecular formula is C9H4F6INO3. The molecule has 0 unspecified atom stereocenters. The first kappa shape index (κ1) is 16.8. The number of halogens is 7. The maximum absolute atomic E-state index is 12.6. The summed E-state index contributed by atoms with van der Waals surface area (Å²) >= 11 is 0.989. The van der Waals surface area contributed by atoms with Crippen molar-refractivity contribution in [3.63, 3.8) is 0 Å². The van der Waals surface area contributed by atoms with E-state index in [0.717, 1.165) is 29.7 Å². The highest BCUT2D eigenvalue weighted by atomic mass is 127. The number of methoxy groups -OCH3 is 1. The van der Waals surface area contributed by atoms with Crippen molar-refractivity contribution in [3.8, 4) is 5.75 Å². The van der Waals surface area contributed by atoms with Crippen molar-refractivity contribution in [1.29, 1.82) is 0 Å². The Balaban J connectivity index is 3.50. The standard InChI is InChI=1S/C9H4F6INO3/c1-19-7(18)5-6(20-9(13,14)15)4(16)3(2-17-5)8(10,11)12/h2H,1H3. The summed E-state index contributed by atoms with van der Waals surface area (Å²) in [5.74, 6) is -2.70. The minimum atomic E-state index is -5.28. The fourth-order valence-electron chi connectivity index (χ4n) is 1.12. The zero-order valence-corrected chi connectivity index (χ0v) is 11.6. The topological polar surface area (TPSA) is 48.4 Å². The molecule has 4 nitrogen and oxygen atoms in total. The Labute approximate surface area is 121 Å². The summed E-state index contributed by atoms with van der Waals surface area (Å²) in [6.45, 7) is 0. The number of hydrogen-bond acceptors (Lipinski definition) is 4. The van der Waals surface area contributed by atoms with E-state index in [-0.39, 0.29) is 6.20 Å². The van der Waals surface area contributed by atoms with Crippen molar-refractivity contribution in [3.05, 3.63) is 21.0 Å². The number of ether oxygens (including phenoxy) is 2. The Bertz CT molecular complexity index is 528. The summed E-state index contributed by atoms with van der Waals surface area (Å²) < 4.78 is 81.0. The van der Waals surface area contributed by atoms with Crippen LogP contribution in [0.15, 0.2) is 6.20 Å². The van der Waals surface area contributed by atoms with E-state index >= 15 is 0 Å². The third-order valence-electron chi connectivity index (χ3n) is 1.88. The molecule has 1 heterocycles. The van der Waals surface area contributed by atoms with Gasteiger partial charge in [0, 0.05) is 6.20 Å². The summed E-state index contributed by atoms with van der Waals surface area (Å²) in [6.07, 6.45) is -9.99. The fraction of sp³-hybridized carbons (Fsp3) is 0.333. The number of pyridine rings is 1. The number of rotatable bonds is 2. The van der Waals surface area contributed by atoms with Crippen LogP contribution in [-0.4, -0.2) is 24.4 Å². The highest BCUT2D eigenvalue weighted by Gasteiger charge is 2.40. The molecule has 0 N–H and O–H groups in total. The van der Waals surface area contributed by atoms with Gasteiger partial charge in [0.05, 0.1) is 16.2 Å². The molecule has 0 saturated carbocycles. The van der Waals surface area contributed by atoms with Crippen LogP contribution < -0.4 is 4.74 Å². The van der Waals surface area contributed by atoms with E-state index in [1.165, 1.54) is 0 Å². The van der Waals surface area contributed by atoms with E-state index in [2.05, 4.69) is 14.5 Å². The Morgan fingerprint density at radius 3 is 2.20 bits per heavy atom. The van der Waals surface area contributed by atoms with E-state index in [4.69, 9.17) is 0 Å². The molecule has 0 aliphatic heterocycles. The molecule has 0 atom stereocenters. The molecule has 0 bridgehead atoms. The molecule has 1 aromatic heterocycles. The normalized spacial score (nSPS) is 12.2. The number of alkyl halides is 6. The lowest BCUT2D eigenvalue weighted by Crippen LogP contribution is -2.22. The zero-order valence-electron chi connectivity index (χ0n) is 9.40. The van der Waals surface area contributed by atoms with E-state index in [0.29, 0.717) is 0 Å². The van der Waals surface area contributed by atoms with Crippen molar-refractivity contribution in [2.75, 3.05) is 7.11 Å². The lowest BCUT2D eigenvalue weighted by Gasteiger charge is -2.16. The second kappa shape index (κ2) is 5.61. The third kappa shape index (κ3) is 3.86. The van der Waals surface area contributed by atoms with Gasteiger partial charge in [-0.2, -0.15) is 13.2 Å². The van der Waals surface area contributed by atoms with Crippen LogP contribution in [0.5, 0.6) is 5.75 Å². The maximum Gasteiger partial charge on any atom is 0.573 e. The highest BCUT2D eigenvalue weighted by Crippen LogP contribution is 2.39. The molecule has 0 amide bonds. The van der Waals surface area contributed by atoms with Crippen LogP contribution >= 0.6 is 22.6 Å². The van der Waals surface area contributed by atoms with Gasteiger partial charge < -0.3 is 9.47 Å². The molecule has 1 aromatic rings. The minimum absolute atomic E-state index is 0.233. The molecule has 20 heavy (non-hydrogen) atoms. The molecule has 0 fully saturated rings. The Hall–Kier alpha value is -1.27. The molecule has 0 aliphatic carbocycles. The second-order valence-corrected chi connectivity index (χ2v) is 4.28. The predicted molar refractivity (Wildman–Crippen MR) is 60.0 cm³/mol. The largest absolute Gasteiger partial charge is 0.573 e. The first-order chi connectivity index (χ1) is 8.97. The average molecular weight is 415 g/mol. The monoisotopic (exact) mass is 415 g/mol. The molecule has 0 saturated heterocycles. The predicted octanol–water partition coefficient (Wildman–Crippen LogP) is 3.39. The van der Waals surface area contributed by atoms with Gasteiger partial charge in [0.15, 0.2) is 11.4 Å². The van der Waals surface area contributed by atoms with Crippen LogP contribution in [-0.2, 0) is 10.9 Å². The molecule has 112 valence electrons. The number of carbonyl (C=O) groups excluding carboxylic acids is 1. The number of hydrogen-bond donors (Lipinski definition) is 0. The van der Waals surface area contributed by atoms with Gasteiger partial charge >= 0.3 is 18.5 Å². The van der Waals surface area contributed by atoms with Gasteiger partial charge in [-0.05, 0) is 22.6 Å². The first-order valence-corrected chi connectivity index (χ1v) is 5.65. The fourth-order valence-corrected chi connectivity index (χ4v) is 1.93. The summed E-state index contributed by atoms with van der Waals surface area (Å²) in [6, 6.07) is 0. The molecule has 0 spiro atoms. The van der Waals surface area contributed by atoms with Gasteiger partial charge in [-0.3, -0.25) is 0 Å². The lowest BCUT2D eigenvalue weighted by atomic mass is 10.2. The molecular weight excluding hydrogens is 411 g/mol. The summed E-state index contributed by atoms with van der Waals surface area (Å²) in [5, 5.41) is 0. The van der Waals surface area contributed by atoms with Gasteiger partial charge in [0.1, 0.15) is 0 Å². The highest BCUT2D eigenvalue weighted by molar-refractivity contribution is 14.1. The average Bonchev–Trinajstić information content (AvgIpc) is 2.27. The van der Waals surface area contributed by atoms with Crippen LogP contribution in [0, 0.1) is 3.57 Å². The minimum Gasteiger partial charge on any atom is -0.464 e. The summed E-state index contributed by atoms with van der Waals surface area (Å²) in [7, 11) is 0.839. The van der Waals surface area contributed by atoms with E-state index in [1.807, 2.05) is 0 Å². The van der Waals surface area contributed by atoms with Crippen LogP contribution in [0.4, 0.5) is 26.3 Å². The quantitative estimate of drug-likeness (QED) is 0.423. The van der Waals surface area contributed by atoms with Crippen molar-refractivity contribution in [2.24, 2.45) is 0 Å². The third-order valence-corrected chi connectivity index (χ3v) is 2.95. The van der Waals surface area contributed by atoms with Gasteiger partial charge in [0.2, 0.25) is 0 Å². The van der Waals surface area contributed by atoms with Crippen molar-refractivity contribution < 1.29 is 40.6 Å². The summed E-state index contributed by atoms with van der Waals surface area (Å²) in [5.41, 5.74) is -2.45. The molecule has 0 radical (unpaired) electrons. The number of esters is 1. The van der Waals surface area contributed by atoms with Gasteiger partial charge in [-0.1, -0.05) is 0 Å². The Kier molecular flexibility index (Phi) is 4.71. The van der Waals surface area contributed by atoms with E-state index < -0.39 is 39.1 Å². The van der Waals surface area contributed by atoms with E-state index in [1.54, 1.807) is 0 Å². The molecule has 11 heteroatoms. The first-order valence-electron chi connectivity index (χ1n) is 4.57. The van der Waals surface area contributed by atoms with Crippen LogP contribution in [0.3, 0.4) is 0 Å². The zero-order chi connectivity index (χ0) is 15.7. The maximum atomic E-state index is 12.6. The number of carbonyl (C=O) groups is 1. The smallest absolute Gasteiger partial charge is 0.464 e.